The Labute approximate surface area is 226 Å². The zero-order valence-electron chi connectivity index (χ0n) is 20.7. The van der Waals surface area contributed by atoms with E-state index in [0.717, 1.165) is 37.7 Å². The lowest BCUT2D eigenvalue weighted by Gasteiger charge is -2.26. The summed E-state index contributed by atoms with van der Waals surface area (Å²) in [6.07, 6.45) is 5.65. The summed E-state index contributed by atoms with van der Waals surface area (Å²) in [5, 5.41) is 7.72. The number of esters is 1. The highest BCUT2D eigenvalue weighted by Crippen LogP contribution is 2.32. The Morgan fingerprint density at radius 2 is 1.73 bits per heavy atom. The van der Waals surface area contributed by atoms with Crippen LogP contribution in [0.15, 0.2) is 42.5 Å². The number of benzene rings is 2. The Bertz CT molecular complexity index is 1270. The zero-order chi connectivity index (χ0) is 26.4. The molecule has 7 nitrogen and oxygen atoms in total. The van der Waals surface area contributed by atoms with E-state index in [-0.39, 0.29) is 36.6 Å². The molecule has 4 rings (SSSR count). The number of aromatic amines is 1. The predicted molar refractivity (Wildman–Crippen MR) is 145 cm³/mol. The molecule has 37 heavy (non-hydrogen) atoms. The first-order chi connectivity index (χ1) is 17.9. The fourth-order valence-corrected chi connectivity index (χ4v) is 5.10. The Hall–Kier alpha value is -3.03. The molecule has 196 valence electrons. The van der Waals surface area contributed by atoms with Gasteiger partial charge in [-0.25, -0.2) is 4.79 Å². The number of fused-ring (bicyclic) bond motifs is 1. The first kappa shape index (κ1) is 27.0. The minimum atomic E-state index is -1.09. The Morgan fingerprint density at radius 3 is 2.43 bits per heavy atom. The van der Waals surface area contributed by atoms with E-state index in [0.29, 0.717) is 32.9 Å². The predicted octanol–water partition coefficient (Wildman–Crippen LogP) is 5.89. The van der Waals surface area contributed by atoms with Crippen molar-refractivity contribution in [3.05, 3.63) is 69.3 Å². The number of ether oxygens (including phenoxy) is 1. The highest BCUT2D eigenvalue weighted by atomic mass is 35.5. The summed E-state index contributed by atoms with van der Waals surface area (Å²) in [6.45, 7) is 1.88. The van der Waals surface area contributed by atoms with E-state index >= 15 is 0 Å². The number of aryl methyl sites for hydroxylation is 1. The molecule has 0 aliphatic heterocycles. The maximum Gasteiger partial charge on any atom is 0.355 e. The van der Waals surface area contributed by atoms with E-state index in [1.807, 2.05) is 12.1 Å². The summed E-state index contributed by atoms with van der Waals surface area (Å²) < 4.78 is 5.27. The minimum absolute atomic E-state index is 0.0282. The number of rotatable bonds is 9. The number of hydrogen-bond donors (Lipinski definition) is 3. The number of aromatic nitrogens is 1. The van der Waals surface area contributed by atoms with Crippen molar-refractivity contribution in [1.82, 2.24) is 15.6 Å². The van der Waals surface area contributed by atoms with Crippen LogP contribution >= 0.6 is 23.2 Å². The lowest BCUT2D eigenvalue weighted by Crippen LogP contribution is -2.45. The molecule has 0 bridgehead atoms. The molecule has 0 saturated heterocycles. The van der Waals surface area contributed by atoms with E-state index in [9.17, 15) is 14.4 Å². The van der Waals surface area contributed by atoms with Crippen LogP contribution in [0.2, 0.25) is 10.0 Å². The first-order valence-corrected chi connectivity index (χ1v) is 13.4. The van der Waals surface area contributed by atoms with Gasteiger partial charge in [-0.15, -0.1) is 0 Å². The van der Waals surface area contributed by atoms with Gasteiger partial charge in [0.25, 0.3) is 0 Å². The van der Waals surface area contributed by atoms with Crippen molar-refractivity contribution in [2.24, 2.45) is 0 Å². The number of amides is 2. The molecule has 2 amide bonds. The molecule has 3 N–H and O–H groups in total. The molecule has 1 aromatic heterocycles. The van der Waals surface area contributed by atoms with Crippen LogP contribution in [-0.2, 0) is 20.7 Å². The summed E-state index contributed by atoms with van der Waals surface area (Å²) in [6, 6.07) is 11.3. The fraction of sp³-hybridized carbons (Fsp3) is 0.393. The molecule has 9 heteroatoms. The van der Waals surface area contributed by atoms with Gasteiger partial charge in [0.05, 0.1) is 6.61 Å². The van der Waals surface area contributed by atoms with Crippen LogP contribution in [0.25, 0.3) is 10.9 Å². The summed E-state index contributed by atoms with van der Waals surface area (Å²) in [7, 11) is 0. The number of H-pyrrole nitrogens is 1. The highest BCUT2D eigenvalue weighted by Gasteiger charge is 2.33. The first-order valence-electron chi connectivity index (χ1n) is 12.7. The summed E-state index contributed by atoms with van der Waals surface area (Å²) >= 11 is 12.2. The van der Waals surface area contributed by atoms with Gasteiger partial charge in [-0.05, 0) is 56.0 Å². The monoisotopic (exact) mass is 543 g/mol. The number of carbonyl (C=O) groups excluding carboxylic acids is 3. The van der Waals surface area contributed by atoms with Crippen molar-refractivity contribution in [2.75, 3.05) is 6.61 Å². The summed E-state index contributed by atoms with van der Waals surface area (Å²) in [4.78, 5) is 42.8. The molecule has 1 aliphatic carbocycles. The quantitative estimate of drug-likeness (QED) is 0.293. The van der Waals surface area contributed by atoms with E-state index in [4.69, 9.17) is 27.9 Å². The second-order valence-electron chi connectivity index (χ2n) is 9.29. The van der Waals surface area contributed by atoms with Crippen LogP contribution in [-0.4, -0.2) is 35.4 Å². The van der Waals surface area contributed by atoms with Gasteiger partial charge in [0.2, 0.25) is 11.8 Å². The van der Waals surface area contributed by atoms with E-state index in [1.54, 1.807) is 37.3 Å². The van der Waals surface area contributed by atoms with Gasteiger partial charge in [0, 0.05) is 39.0 Å². The number of halogens is 2. The largest absolute Gasteiger partial charge is 0.461 e. The molecular formula is C28H31Cl2N3O4. The van der Waals surface area contributed by atoms with Crippen LogP contribution in [0.3, 0.4) is 0 Å². The second kappa shape index (κ2) is 12.5. The average Bonchev–Trinajstić information content (AvgIpc) is 3.26. The molecular weight excluding hydrogens is 513 g/mol. The third-order valence-electron chi connectivity index (χ3n) is 6.64. The van der Waals surface area contributed by atoms with E-state index in [2.05, 4.69) is 15.6 Å². The second-order valence-corrected chi connectivity index (χ2v) is 10.2. The topological polar surface area (TPSA) is 100 Å². The number of carbonyl (C=O) groups is 3. The van der Waals surface area contributed by atoms with E-state index < -0.39 is 12.0 Å². The Balaban J connectivity index is 1.66. The molecule has 1 heterocycles. The minimum Gasteiger partial charge on any atom is -0.461 e. The lowest BCUT2D eigenvalue weighted by molar-refractivity contribution is -0.129. The van der Waals surface area contributed by atoms with Gasteiger partial charge in [-0.1, -0.05) is 60.7 Å². The molecule has 1 unspecified atom stereocenters. The molecule has 1 saturated carbocycles. The molecule has 1 atom stereocenters. The van der Waals surface area contributed by atoms with Gasteiger partial charge in [-0.2, -0.15) is 0 Å². The van der Waals surface area contributed by atoms with Gasteiger partial charge < -0.3 is 20.4 Å². The van der Waals surface area contributed by atoms with Crippen LogP contribution in [0, 0.1) is 0 Å². The van der Waals surface area contributed by atoms with Crippen LogP contribution in [0.5, 0.6) is 0 Å². The SMILES string of the molecule is CCOC(=O)c1[nH]c2cc(Cl)ccc2c1C(NC(=O)CCc1ccc(Cl)cc1)C(=O)NC1CCCCC1. The zero-order valence-corrected chi connectivity index (χ0v) is 22.3. The highest BCUT2D eigenvalue weighted by molar-refractivity contribution is 6.31. The standard InChI is InChI=1S/C28H31Cl2N3O4/c1-2-37-28(36)26-24(21-14-13-19(30)16-22(21)32-26)25(27(35)31-20-6-4-3-5-7-20)33-23(34)15-10-17-8-11-18(29)12-9-17/h8-9,11-14,16,20,25,32H,2-7,10,15H2,1H3,(H,31,35)(H,33,34). The van der Waals surface area contributed by atoms with Gasteiger partial charge in [-0.3, -0.25) is 9.59 Å². The van der Waals surface area contributed by atoms with Gasteiger partial charge in [0.15, 0.2) is 0 Å². The van der Waals surface area contributed by atoms with Crippen molar-refractivity contribution in [2.45, 2.75) is 64.0 Å². The van der Waals surface area contributed by atoms with Crippen molar-refractivity contribution in [3.8, 4) is 0 Å². The van der Waals surface area contributed by atoms with Crippen LogP contribution in [0.1, 0.15) is 73.1 Å². The molecule has 1 aliphatic rings. The molecule has 1 fully saturated rings. The third kappa shape index (κ3) is 6.84. The third-order valence-corrected chi connectivity index (χ3v) is 7.13. The van der Waals surface area contributed by atoms with Crippen molar-refractivity contribution >= 4 is 51.9 Å². The number of nitrogens with one attached hydrogen (secondary N) is 3. The normalized spacial score (nSPS) is 14.8. The van der Waals surface area contributed by atoms with Gasteiger partial charge >= 0.3 is 5.97 Å². The maximum atomic E-state index is 13.7. The van der Waals surface area contributed by atoms with Gasteiger partial charge in [0.1, 0.15) is 11.7 Å². The summed E-state index contributed by atoms with van der Waals surface area (Å²) in [5.41, 5.74) is 2.03. The Kier molecular flexibility index (Phi) is 9.11. The number of hydrogen-bond acceptors (Lipinski definition) is 4. The maximum absolute atomic E-state index is 13.7. The lowest BCUT2D eigenvalue weighted by atomic mass is 9.94. The fourth-order valence-electron chi connectivity index (χ4n) is 4.80. The molecule has 0 radical (unpaired) electrons. The molecule has 0 spiro atoms. The van der Waals surface area contributed by atoms with Crippen LogP contribution in [0.4, 0.5) is 0 Å². The summed E-state index contributed by atoms with van der Waals surface area (Å²) in [5.74, 6) is -1.26. The smallest absolute Gasteiger partial charge is 0.355 e. The van der Waals surface area contributed by atoms with Crippen molar-refractivity contribution < 1.29 is 19.1 Å². The Morgan fingerprint density at radius 1 is 1.03 bits per heavy atom. The van der Waals surface area contributed by atoms with Crippen molar-refractivity contribution in [1.29, 1.82) is 0 Å². The van der Waals surface area contributed by atoms with E-state index in [1.165, 1.54) is 0 Å². The average molecular weight is 544 g/mol. The molecule has 3 aromatic rings. The van der Waals surface area contributed by atoms with Crippen LogP contribution < -0.4 is 10.6 Å². The van der Waals surface area contributed by atoms with Crippen molar-refractivity contribution in [3.63, 3.8) is 0 Å². The molecule has 2 aromatic carbocycles.